The van der Waals surface area contributed by atoms with Crippen LogP contribution in [0.4, 0.5) is 5.82 Å². The quantitative estimate of drug-likeness (QED) is 0.787. The number of esters is 1. The van der Waals surface area contributed by atoms with Crippen molar-refractivity contribution in [2.45, 2.75) is 13.0 Å². The lowest BCUT2D eigenvalue weighted by Gasteiger charge is -2.11. The number of ether oxygens (including phenoxy) is 1. The molecule has 2 heterocycles. The van der Waals surface area contributed by atoms with E-state index in [1.165, 1.54) is 7.11 Å². The zero-order chi connectivity index (χ0) is 13.0. The van der Waals surface area contributed by atoms with Gasteiger partial charge in [-0.25, -0.2) is 9.78 Å². The molecule has 0 saturated carbocycles. The second kappa shape index (κ2) is 5.26. The Hall–Kier alpha value is -2.44. The highest BCUT2D eigenvalue weighted by molar-refractivity contribution is 5.86. The molecule has 1 unspecified atom stereocenters. The summed E-state index contributed by atoms with van der Waals surface area (Å²) in [6, 6.07) is 3.19. The van der Waals surface area contributed by atoms with Crippen molar-refractivity contribution in [3.63, 3.8) is 0 Å². The Morgan fingerprint density at radius 2 is 2.28 bits per heavy atom. The fourth-order valence-electron chi connectivity index (χ4n) is 1.43. The predicted octanol–water partition coefficient (Wildman–Crippen LogP) is 1.16. The zero-order valence-electron chi connectivity index (χ0n) is 10.0. The van der Waals surface area contributed by atoms with Gasteiger partial charge in [-0.1, -0.05) is 0 Å². The first-order chi connectivity index (χ1) is 8.70. The van der Waals surface area contributed by atoms with Crippen molar-refractivity contribution in [2.24, 2.45) is 0 Å². The van der Waals surface area contributed by atoms with Gasteiger partial charge < -0.3 is 15.0 Å². The van der Waals surface area contributed by atoms with E-state index in [9.17, 15) is 4.79 Å². The summed E-state index contributed by atoms with van der Waals surface area (Å²) in [6.07, 6.45) is 3.43. The van der Waals surface area contributed by atoms with Gasteiger partial charge in [-0.3, -0.25) is 0 Å². The molecule has 2 aromatic heterocycles. The topological polar surface area (TPSA) is 92.8 Å². The maximum atomic E-state index is 11.2. The lowest BCUT2D eigenvalue weighted by Crippen LogP contribution is -2.11. The summed E-state index contributed by atoms with van der Waals surface area (Å²) in [6.45, 7) is 1.94. The molecule has 2 rings (SSSR count). The summed E-state index contributed by atoms with van der Waals surface area (Å²) >= 11 is 0. The molecule has 18 heavy (non-hydrogen) atoms. The molecule has 0 aliphatic heterocycles. The standard InChI is InChI=1S/C11H13N5O2/c1-7(10-12-5-6-13-10)14-9-4-3-8(15-16-9)11(17)18-2/h3-7H,1-2H3,(H,12,13)(H,14,16). The third kappa shape index (κ3) is 2.62. The molecule has 0 amide bonds. The first-order valence-corrected chi connectivity index (χ1v) is 5.38. The minimum Gasteiger partial charge on any atom is -0.464 e. The smallest absolute Gasteiger partial charge is 0.358 e. The highest BCUT2D eigenvalue weighted by Gasteiger charge is 2.10. The lowest BCUT2D eigenvalue weighted by molar-refractivity contribution is 0.0593. The zero-order valence-corrected chi connectivity index (χ0v) is 10.0. The third-order valence-electron chi connectivity index (χ3n) is 2.35. The number of aromatic nitrogens is 4. The fraction of sp³-hybridized carbons (Fsp3) is 0.273. The van der Waals surface area contributed by atoms with Gasteiger partial charge in [-0.05, 0) is 19.1 Å². The van der Waals surface area contributed by atoms with Gasteiger partial charge in [-0.2, -0.15) is 0 Å². The second-order valence-corrected chi connectivity index (χ2v) is 3.64. The molecule has 0 aliphatic carbocycles. The Morgan fingerprint density at radius 3 is 2.83 bits per heavy atom. The molecule has 94 valence electrons. The molecule has 0 bridgehead atoms. The van der Waals surface area contributed by atoms with Crippen molar-refractivity contribution in [3.8, 4) is 0 Å². The normalized spacial score (nSPS) is 11.9. The molecule has 0 saturated heterocycles. The van der Waals surface area contributed by atoms with E-state index in [-0.39, 0.29) is 11.7 Å². The van der Waals surface area contributed by atoms with Crippen LogP contribution < -0.4 is 5.32 Å². The van der Waals surface area contributed by atoms with Crippen LogP contribution in [0.2, 0.25) is 0 Å². The summed E-state index contributed by atoms with van der Waals surface area (Å²) in [7, 11) is 1.30. The average Bonchev–Trinajstić information content (AvgIpc) is 2.92. The molecule has 7 nitrogen and oxygen atoms in total. The van der Waals surface area contributed by atoms with Crippen LogP contribution in [-0.4, -0.2) is 33.2 Å². The molecule has 0 aliphatic rings. The maximum Gasteiger partial charge on any atom is 0.358 e. The SMILES string of the molecule is COC(=O)c1ccc(NC(C)c2ncc[nH]2)nn1. The molecule has 2 aromatic rings. The molecule has 2 N–H and O–H groups in total. The molecule has 1 atom stereocenters. The van der Waals surface area contributed by atoms with Gasteiger partial charge in [0.15, 0.2) is 5.69 Å². The van der Waals surface area contributed by atoms with Gasteiger partial charge in [0.05, 0.1) is 13.2 Å². The number of hydrogen-bond donors (Lipinski definition) is 2. The first kappa shape index (κ1) is 12.0. The van der Waals surface area contributed by atoms with E-state index in [2.05, 4.69) is 30.2 Å². The van der Waals surface area contributed by atoms with E-state index in [0.717, 1.165) is 5.82 Å². The number of carbonyl (C=O) groups excluding carboxylic acids is 1. The average molecular weight is 247 g/mol. The lowest BCUT2D eigenvalue weighted by atomic mass is 10.3. The summed E-state index contributed by atoms with van der Waals surface area (Å²) < 4.78 is 4.54. The van der Waals surface area contributed by atoms with Crippen LogP contribution in [0, 0.1) is 0 Å². The van der Waals surface area contributed by atoms with Crippen molar-refractivity contribution in [1.29, 1.82) is 0 Å². The molecule has 7 heteroatoms. The highest BCUT2D eigenvalue weighted by Crippen LogP contribution is 2.13. The van der Waals surface area contributed by atoms with Crippen LogP contribution in [0.5, 0.6) is 0 Å². The van der Waals surface area contributed by atoms with Crippen molar-refractivity contribution in [2.75, 3.05) is 12.4 Å². The number of anilines is 1. The number of imidazole rings is 1. The summed E-state index contributed by atoms with van der Waals surface area (Å²) in [5.74, 6) is 0.855. The van der Waals surface area contributed by atoms with Crippen LogP contribution in [0.3, 0.4) is 0 Å². The summed E-state index contributed by atoms with van der Waals surface area (Å²) in [5, 5.41) is 10.8. The summed E-state index contributed by atoms with van der Waals surface area (Å²) in [5.41, 5.74) is 0.175. The van der Waals surface area contributed by atoms with E-state index in [0.29, 0.717) is 5.82 Å². The van der Waals surface area contributed by atoms with Gasteiger partial charge in [0, 0.05) is 12.4 Å². The first-order valence-electron chi connectivity index (χ1n) is 5.38. The Labute approximate surface area is 104 Å². The Balaban J connectivity index is 2.04. The minimum absolute atomic E-state index is 0.0294. The fourth-order valence-corrected chi connectivity index (χ4v) is 1.43. The van der Waals surface area contributed by atoms with Crippen LogP contribution in [0.15, 0.2) is 24.5 Å². The number of carbonyl (C=O) groups is 1. The Kier molecular flexibility index (Phi) is 3.52. The number of H-pyrrole nitrogens is 1. The second-order valence-electron chi connectivity index (χ2n) is 3.64. The van der Waals surface area contributed by atoms with Crippen molar-refractivity contribution < 1.29 is 9.53 Å². The van der Waals surface area contributed by atoms with Gasteiger partial charge in [0.2, 0.25) is 0 Å². The molecule has 0 aromatic carbocycles. The van der Waals surface area contributed by atoms with Crippen LogP contribution in [0.1, 0.15) is 29.3 Å². The van der Waals surface area contributed by atoms with E-state index >= 15 is 0 Å². The molecular weight excluding hydrogens is 234 g/mol. The number of rotatable bonds is 4. The van der Waals surface area contributed by atoms with Gasteiger partial charge in [0.25, 0.3) is 0 Å². The highest BCUT2D eigenvalue weighted by atomic mass is 16.5. The molecular formula is C11H13N5O2. The predicted molar refractivity (Wildman–Crippen MR) is 64.0 cm³/mol. The number of nitrogens with one attached hydrogen (secondary N) is 2. The molecule has 0 radical (unpaired) electrons. The van der Waals surface area contributed by atoms with E-state index < -0.39 is 5.97 Å². The molecule has 0 fully saturated rings. The van der Waals surface area contributed by atoms with E-state index in [1.54, 1.807) is 24.5 Å². The number of hydrogen-bond acceptors (Lipinski definition) is 6. The Morgan fingerprint density at radius 1 is 1.44 bits per heavy atom. The van der Waals surface area contributed by atoms with E-state index in [4.69, 9.17) is 0 Å². The van der Waals surface area contributed by atoms with Gasteiger partial charge in [-0.15, -0.1) is 10.2 Å². The number of aromatic amines is 1. The minimum atomic E-state index is -0.506. The van der Waals surface area contributed by atoms with Crippen LogP contribution >= 0.6 is 0 Å². The van der Waals surface area contributed by atoms with Crippen LogP contribution in [-0.2, 0) is 4.74 Å². The summed E-state index contributed by atoms with van der Waals surface area (Å²) in [4.78, 5) is 18.3. The largest absolute Gasteiger partial charge is 0.464 e. The molecule has 0 spiro atoms. The van der Waals surface area contributed by atoms with Crippen LogP contribution in [0.25, 0.3) is 0 Å². The number of methoxy groups -OCH3 is 1. The van der Waals surface area contributed by atoms with E-state index in [1.807, 2.05) is 6.92 Å². The van der Waals surface area contributed by atoms with Gasteiger partial charge >= 0.3 is 5.97 Å². The number of nitrogens with zero attached hydrogens (tertiary/aromatic N) is 3. The monoisotopic (exact) mass is 247 g/mol. The van der Waals surface area contributed by atoms with Crippen molar-refractivity contribution in [1.82, 2.24) is 20.2 Å². The van der Waals surface area contributed by atoms with Gasteiger partial charge in [0.1, 0.15) is 11.6 Å². The third-order valence-corrected chi connectivity index (χ3v) is 2.35. The Bertz CT molecular complexity index is 509. The van der Waals surface area contributed by atoms with Crippen molar-refractivity contribution >= 4 is 11.8 Å². The van der Waals surface area contributed by atoms with Crippen molar-refractivity contribution in [3.05, 3.63) is 36.0 Å². The maximum absolute atomic E-state index is 11.2.